The second kappa shape index (κ2) is 6.85. The zero-order chi connectivity index (χ0) is 17.2. The number of nitrogens with two attached hydrogens (primary N) is 1. The molecule has 0 radical (unpaired) electrons. The molecule has 0 aliphatic heterocycles. The number of imidazole rings is 1. The minimum Gasteiger partial charge on any atom is -0.351 e. The summed E-state index contributed by atoms with van der Waals surface area (Å²) in [5.74, 6) is 1.26. The third-order valence-corrected chi connectivity index (χ3v) is 4.75. The van der Waals surface area contributed by atoms with Gasteiger partial charge in [-0.05, 0) is 49.9 Å². The van der Waals surface area contributed by atoms with E-state index in [-0.39, 0.29) is 0 Å². The van der Waals surface area contributed by atoms with Gasteiger partial charge in [0.2, 0.25) is 5.95 Å². The van der Waals surface area contributed by atoms with Crippen molar-refractivity contribution in [1.82, 2.24) is 19.9 Å². The van der Waals surface area contributed by atoms with Crippen LogP contribution >= 0.6 is 11.6 Å². The maximum atomic E-state index is 5.98. The van der Waals surface area contributed by atoms with Crippen molar-refractivity contribution in [1.29, 1.82) is 0 Å². The highest BCUT2D eigenvalue weighted by atomic mass is 35.5. The van der Waals surface area contributed by atoms with E-state index < -0.39 is 0 Å². The van der Waals surface area contributed by atoms with Crippen LogP contribution in [0.1, 0.15) is 25.7 Å². The number of H-pyrrole nitrogens is 1. The summed E-state index contributed by atoms with van der Waals surface area (Å²) in [4.78, 5) is 16.5. The fraction of sp³-hybridized carbons (Fsp3) is 0.353. The van der Waals surface area contributed by atoms with Gasteiger partial charge in [0.05, 0.1) is 6.33 Å². The van der Waals surface area contributed by atoms with E-state index in [2.05, 4.69) is 30.6 Å². The molecule has 0 unspecified atom stereocenters. The van der Waals surface area contributed by atoms with Crippen LogP contribution in [0.3, 0.4) is 0 Å². The molecular weight excluding hydrogens is 338 g/mol. The Kier molecular flexibility index (Phi) is 4.42. The average molecular weight is 358 g/mol. The molecule has 4 rings (SSSR count). The van der Waals surface area contributed by atoms with Crippen LogP contribution in [0.15, 0.2) is 30.6 Å². The minimum absolute atomic E-state index is 0.315. The van der Waals surface area contributed by atoms with Gasteiger partial charge in [-0.3, -0.25) is 0 Å². The summed E-state index contributed by atoms with van der Waals surface area (Å²) in [6.45, 7) is 0. The molecule has 2 aromatic heterocycles. The smallest absolute Gasteiger partial charge is 0.227 e. The Labute approximate surface area is 150 Å². The molecule has 0 saturated heterocycles. The molecule has 1 fully saturated rings. The summed E-state index contributed by atoms with van der Waals surface area (Å²) < 4.78 is 0. The van der Waals surface area contributed by atoms with Gasteiger partial charge in [-0.25, -0.2) is 4.98 Å². The molecule has 3 aromatic rings. The van der Waals surface area contributed by atoms with Gasteiger partial charge < -0.3 is 21.4 Å². The first-order valence-electron chi connectivity index (χ1n) is 8.43. The van der Waals surface area contributed by atoms with Gasteiger partial charge in [0, 0.05) is 22.8 Å². The predicted octanol–water partition coefficient (Wildman–Crippen LogP) is 3.43. The Morgan fingerprint density at radius 3 is 2.60 bits per heavy atom. The van der Waals surface area contributed by atoms with Crippen molar-refractivity contribution in [3.05, 3.63) is 35.6 Å². The molecule has 2 heterocycles. The molecule has 1 aliphatic rings. The Morgan fingerprint density at radius 1 is 1.08 bits per heavy atom. The maximum absolute atomic E-state index is 5.98. The zero-order valence-corrected chi connectivity index (χ0v) is 14.4. The van der Waals surface area contributed by atoms with E-state index in [4.69, 9.17) is 17.3 Å². The second-order valence-corrected chi connectivity index (χ2v) is 6.82. The monoisotopic (exact) mass is 357 g/mol. The maximum Gasteiger partial charge on any atom is 0.227 e. The van der Waals surface area contributed by atoms with Crippen molar-refractivity contribution >= 4 is 40.2 Å². The minimum atomic E-state index is 0.315. The van der Waals surface area contributed by atoms with E-state index in [1.54, 1.807) is 6.33 Å². The average Bonchev–Trinajstić information content (AvgIpc) is 3.08. The van der Waals surface area contributed by atoms with Gasteiger partial charge in [-0.2, -0.15) is 9.97 Å². The van der Waals surface area contributed by atoms with Gasteiger partial charge in [0.1, 0.15) is 5.52 Å². The molecule has 1 aliphatic carbocycles. The van der Waals surface area contributed by atoms with Crippen molar-refractivity contribution in [2.24, 2.45) is 5.73 Å². The van der Waals surface area contributed by atoms with Gasteiger partial charge >= 0.3 is 0 Å². The molecule has 8 heteroatoms. The first-order valence-corrected chi connectivity index (χ1v) is 8.81. The number of hydrogen-bond donors (Lipinski definition) is 4. The highest BCUT2D eigenvalue weighted by Gasteiger charge is 2.20. The summed E-state index contributed by atoms with van der Waals surface area (Å²) >= 11 is 5.95. The van der Waals surface area contributed by atoms with E-state index >= 15 is 0 Å². The number of nitrogens with one attached hydrogen (secondary N) is 3. The molecule has 0 bridgehead atoms. The number of benzene rings is 1. The first kappa shape index (κ1) is 16.1. The molecule has 0 spiro atoms. The van der Waals surface area contributed by atoms with Gasteiger partial charge in [0.15, 0.2) is 11.5 Å². The lowest BCUT2D eigenvalue weighted by Gasteiger charge is -2.26. The quantitative estimate of drug-likeness (QED) is 0.570. The normalized spacial score (nSPS) is 20.6. The van der Waals surface area contributed by atoms with Crippen molar-refractivity contribution < 1.29 is 0 Å². The molecule has 1 aromatic carbocycles. The van der Waals surface area contributed by atoms with Crippen LogP contribution in [0.2, 0.25) is 5.02 Å². The first-order chi connectivity index (χ1) is 12.2. The molecule has 25 heavy (non-hydrogen) atoms. The van der Waals surface area contributed by atoms with Crippen LogP contribution in [0, 0.1) is 0 Å². The van der Waals surface area contributed by atoms with Crippen molar-refractivity contribution in [3.63, 3.8) is 0 Å². The lowest BCUT2D eigenvalue weighted by atomic mass is 9.92. The SMILES string of the molecule is NC1CCC(Nc2nc(Nc3ccc(Cl)cc3)c3[nH]cnc3n2)CC1. The summed E-state index contributed by atoms with van der Waals surface area (Å²) in [5, 5.41) is 7.42. The molecule has 5 N–H and O–H groups in total. The summed E-state index contributed by atoms with van der Waals surface area (Å²) in [6.07, 6.45) is 5.73. The molecule has 0 atom stereocenters. The molecule has 1 saturated carbocycles. The predicted molar refractivity (Wildman–Crippen MR) is 100 cm³/mol. The number of aromatic nitrogens is 4. The van der Waals surface area contributed by atoms with Crippen LogP contribution in [0.5, 0.6) is 0 Å². The van der Waals surface area contributed by atoms with Crippen molar-refractivity contribution in [3.8, 4) is 0 Å². The number of fused-ring (bicyclic) bond motifs is 1. The van der Waals surface area contributed by atoms with E-state index in [1.807, 2.05) is 24.3 Å². The van der Waals surface area contributed by atoms with E-state index in [0.717, 1.165) is 36.9 Å². The Hall–Kier alpha value is -2.38. The number of nitrogens with zero attached hydrogens (tertiary/aromatic N) is 3. The second-order valence-electron chi connectivity index (χ2n) is 6.38. The third-order valence-electron chi connectivity index (χ3n) is 4.50. The lowest BCUT2D eigenvalue weighted by Crippen LogP contribution is -2.33. The Balaban J connectivity index is 1.59. The lowest BCUT2D eigenvalue weighted by molar-refractivity contribution is 0.410. The summed E-state index contributed by atoms with van der Waals surface area (Å²) in [5.41, 5.74) is 8.27. The van der Waals surface area contributed by atoms with E-state index in [9.17, 15) is 0 Å². The van der Waals surface area contributed by atoms with Crippen LogP contribution in [-0.2, 0) is 0 Å². The highest BCUT2D eigenvalue weighted by Crippen LogP contribution is 2.25. The number of hydrogen-bond acceptors (Lipinski definition) is 6. The standard InChI is InChI=1S/C17H20ClN7/c18-10-1-5-12(6-2-10)22-16-14-15(21-9-20-14)24-17(25-16)23-13-7-3-11(19)4-8-13/h1-2,5-6,9,11,13H,3-4,7-8,19H2,(H3,20,21,22,23,24,25). The van der Waals surface area contributed by atoms with Crippen molar-refractivity contribution in [2.75, 3.05) is 10.6 Å². The topological polar surface area (TPSA) is 105 Å². The van der Waals surface area contributed by atoms with E-state index in [1.165, 1.54) is 0 Å². The van der Waals surface area contributed by atoms with E-state index in [0.29, 0.717) is 34.5 Å². The Morgan fingerprint density at radius 2 is 1.84 bits per heavy atom. The van der Waals surface area contributed by atoms with Crippen LogP contribution < -0.4 is 16.4 Å². The number of aromatic amines is 1. The summed E-state index contributed by atoms with van der Waals surface area (Å²) in [6, 6.07) is 8.14. The number of halogens is 1. The number of rotatable bonds is 4. The van der Waals surface area contributed by atoms with Crippen LogP contribution in [0.4, 0.5) is 17.5 Å². The van der Waals surface area contributed by atoms with Gasteiger partial charge in [-0.15, -0.1) is 0 Å². The zero-order valence-electron chi connectivity index (χ0n) is 13.7. The van der Waals surface area contributed by atoms with Gasteiger partial charge in [0.25, 0.3) is 0 Å². The fourth-order valence-electron chi connectivity index (χ4n) is 3.10. The molecule has 0 amide bonds. The fourth-order valence-corrected chi connectivity index (χ4v) is 3.23. The molecule has 130 valence electrons. The Bertz CT molecular complexity index is 853. The third kappa shape index (κ3) is 3.67. The molecular formula is C17H20ClN7. The number of anilines is 3. The highest BCUT2D eigenvalue weighted by molar-refractivity contribution is 6.30. The molecule has 7 nitrogen and oxygen atoms in total. The van der Waals surface area contributed by atoms with Gasteiger partial charge in [-0.1, -0.05) is 11.6 Å². The summed E-state index contributed by atoms with van der Waals surface area (Å²) in [7, 11) is 0. The van der Waals surface area contributed by atoms with Crippen molar-refractivity contribution in [2.45, 2.75) is 37.8 Å². The van der Waals surface area contributed by atoms with Crippen LogP contribution in [-0.4, -0.2) is 32.0 Å². The van der Waals surface area contributed by atoms with Crippen LogP contribution in [0.25, 0.3) is 11.2 Å². The largest absolute Gasteiger partial charge is 0.351 e.